The summed E-state index contributed by atoms with van der Waals surface area (Å²) in [5.41, 5.74) is 1.28. The van der Waals surface area contributed by atoms with Crippen molar-refractivity contribution in [3.8, 4) is 11.9 Å². The van der Waals surface area contributed by atoms with Crippen LogP contribution in [0.5, 0.6) is 5.88 Å². The SMILES string of the molecule is COc1c(C(O)CC#N)c(C)nn1C. The summed E-state index contributed by atoms with van der Waals surface area (Å²) in [6.07, 6.45) is -0.785. The fourth-order valence-corrected chi connectivity index (χ4v) is 1.47. The summed E-state index contributed by atoms with van der Waals surface area (Å²) < 4.78 is 6.64. The second-order valence-corrected chi connectivity index (χ2v) is 3.01. The van der Waals surface area contributed by atoms with Crippen LogP contribution in [0.15, 0.2) is 0 Å². The fraction of sp³-hybridized carbons (Fsp3) is 0.556. The number of aliphatic hydroxyl groups is 1. The minimum absolute atomic E-state index is 0.0445. The first-order valence-corrected chi connectivity index (χ1v) is 4.24. The highest BCUT2D eigenvalue weighted by molar-refractivity contribution is 5.33. The maximum Gasteiger partial charge on any atom is 0.217 e. The third kappa shape index (κ3) is 1.70. The van der Waals surface area contributed by atoms with Gasteiger partial charge in [-0.1, -0.05) is 0 Å². The number of aryl methyl sites for hydroxylation is 2. The number of hydrogen-bond donors (Lipinski definition) is 1. The summed E-state index contributed by atoms with van der Waals surface area (Å²) in [6.45, 7) is 1.78. The van der Waals surface area contributed by atoms with Gasteiger partial charge in [0.05, 0.1) is 37.0 Å². The minimum Gasteiger partial charge on any atom is -0.481 e. The van der Waals surface area contributed by atoms with Crippen LogP contribution in [0.4, 0.5) is 0 Å². The lowest BCUT2D eigenvalue weighted by Gasteiger charge is -2.08. The number of aliphatic hydroxyl groups excluding tert-OH is 1. The van der Waals surface area contributed by atoms with Gasteiger partial charge in [-0.15, -0.1) is 0 Å². The second-order valence-electron chi connectivity index (χ2n) is 3.01. The monoisotopic (exact) mass is 195 g/mol. The minimum atomic E-state index is -0.830. The number of nitrogens with zero attached hydrogens (tertiary/aromatic N) is 3. The van der Waals surface area contributed by atoms with Gasteiger partial charge in [0.1, 0.15) is 0 Å². The van der Waals surface area contributed by atoms with E-state index in [4.69, 9.17) is 10.00 Å². The number of nitriles is 1. The van der Waals surface area contributed by atoms with Crippen molar-refractivity contribution in [3.05, 3.63) is 11.3 Å². The second kappa shape index (κ2) is 4.11. The molecule has 1 aromatic heterocycles. The largest absolute Gasteiger partial charge is 0.481 e. The van der Waals surface area contributed by atoms with Crippen molar-refractivity contribution in [2.45, 2.75) is 19.4 Å². The van der Waals surface area contributed by atoms with E-state index in [-0.39, 0.29) is 6.42 Å². The molecule has 0 aliphatic heterocycles. The molecule has 0 aromatic carbocycles. The molecule has 76 valence electrons. The normalized spacial score (nSPS) is 12.2. The van der Waals surface area contributed by atoms with Crippen LogP contribution < -0.4 is 4.74 Å². The molecule has 0 radical (unpaired) electrons. The van der Waals surface area contributed by atoms with Gasteiger partial charge in [0.25, 0.3) is 0 Å². The Morgan fingerprint density at radius 3 is 2.86 bits per heavy atom. The van der Waals surface area contributed by atoms with Crippen LogP contribution in [0.1, 0.15) is 23.8 Å². The lowest BCUT2D eigenvalue weighted by molar-refractivity contribution is 0.177. The van der Waals surface area contributed by atoms with E-state index in [1.54, 1.807) is 18.7 Å². The van der Waals surface area contributed by atoms with Crippen molar-refractivity contribution in [1.29, 1.82) is 5.26 Å². The maximum atomic E-state index is 9.67. The molecule has 0 amide bonds. The van der Waals surface area contributed by atoms with Crippen LogP contribution in [0.3, 0.4) is 0 Å². The molecule has 0 fully saturated rings. The molecule has 14 heavy (non-hydrogen) atoms. The van der Waals surface area contributed by atoms with Crippen molar-refractivity contribution < 1.29 is 9.84 Å². The van der Waals surface area contributed by atoms with Crippen LogP contribution in [-0.2, 0) is 7.05 Å². The van der Waals surface area contributed by atoms with E-state index in [1.165, 1.54) is 7.11 Å². The third-order valence-corrected chi connectivity index (χ3v) is 2.03. The highest BCUT2D eigenvalue weighted by Gasteiger charge is 2.20. The van der Waals surface area contributed by atoms with Gasteiger partial charge in [-0.2, -0.15) is 10.4 Å². The molecular formula is C9H13N3O2. The van der Waals surface area contributed by atoms with E-state index in [9.17, 15) is 5.11 Å². The van der Waals surface area contributed by atoms with Gasteiger partial charge in [-0.05, 0) is 6.92 Å². The highest BCUT2D eigenvalue weighted by Crippen LogP contribution is 2.29. The van der Waals surface area contributed by atoms with E-state index in [0.29, 0.717) is 17.1 Å². The summed E-state index contributed by atoms with van der Waals surface area (Å²) >= 11 is 0. The molecule has 5 heteroatoms. The molecule has 0 aliphatic carbocycles. The Morgan fingerprint density at radius 1 is 1.71 bits per heavy atom. The van der Waals surface area contributed by atoms with Crippen molar-refractivity contribution in [1.82, 2.24) is 9.78 Å². The molecule has 1 aromatic rings. The molecule has 1 heterocycles. The van der Waals surface area contributed by atoms with E-state index < -0.39 is 6.10 Å². The average molecular weight is 195 g/mol. The van der Waals surface area contributed by atoms with E-state index in [2.05, 4.69) is 5.10 Å². The first kappa shape index (κ1) is 10.5. The Balaban J connectivity index is 3.12. The number of rotatable bonds is 3. The van der Waals surface area contributed by atoms with Gasteiger partial charge in [-0.25, -0.2) is 4.68 Å². The van der Waals surface area contributed by atoms with Gasteiger partial charge in [0, 0.05) is 7.05 Å². The first-order chi connectivity index (χ1) is 6.61. The maximum absolute atomic E-state index is 9.67. The predicted octanol–water partition coefficient (Wildman–Crippen LogP) is 0.684. The van der Waals surface area contributed by atoms with Crippen molar-refractivity contribution in [2.24, 2.45) is 7.05 Å². The van der Waals surface area contributed by atoms with E-state index in [0.717, 1.165) is 0 Å². The van der Waals surface area contributed by atoms with Gasteiger partial charge in [0.2, 0.25) is 5.88 Å². The quantitative estimate of drug-likeness (QED) is 0.770. The lowest BCUT2D eigenvalue weighted by atomic mass is 10.1. The number of methoxy groups -OCH3 is 1. The first-order valence-electron chi connectivity index (χ1n) is 4.24. The van der Waals surface area contributed by atoms with Crippen LogP contribution in [0, 0.1) is 18.3 Å². The van der Waals surface area contributed by atoms with Crippen molar-refractivity contribution in [2.75, 3.05) is 7.11 Å². The summed E-state index contributed by atoms with van der Waals surface area (Å²) in [6, 6.07) is 1.91. The molecule has 5 nitrogen and oxygen atoms in total. The van der Waals surface area contributed by atoms with E-state index >= 15 is 0 Å². The Kier molecular flexibility index (Phi) is 3.10. The Hall–Kier alpha value is -1.54. The molecule has 1 atom stereocenters. The van der Waals surface area contributed by atoms with Gasteiger partial charge in [0.15, 0.2) is 0 Å². The van der Waals surface area contributed by atoms with Crippen molar-refractivity contribution >= 4 is 0 Å². The Morgan fingerprint density at radius 2 is 2.36 bits per heavy atom. The molecule has 0 bridgehead atoms. The topological polar surface area (TPSA) is 71.1 Å². The fourth-order valence-electron chi connectivity index (χ4n) is 1.47. The molecule has 0 spiro atoms. The standard InChI is InChI=1S/C9H13N3O2/c1-6-8(7(13)4-5-10)9(14-3)12(2)11-6/h7,13H,4H2,1-3H3. The van der Waals surface area contributed by atoms with E-state index in [1.807, 2.05) is 6.07 Å². The summed E-state index contributed by atoms with van der Waals surface area (Å²) in [4.78, 5) is 0. The van der Waals surface area contributed by atoms with Crippen molar-refractivity contribution in [3.63, 3.8) is 0 Å². The molecule has 0 saturated carbocycles. The summed E-state index contributed by atoms with van der Waals surface area (Å²) in [5, 5.41) is 22.3. The summed E-state index contributed by atoms with van der Waals surface area (Å²) in [5.74, 6) is 0.505. The Bertz CT molecular complexity index is 365. The van der Waals surface area contributed by atoms with Crippen LogP contribution in [0.25, 0.3) is 0 Å². The zero-order valence-electron chi connectivity index (χ0n) is 8.48. The third-order valence-electron chi connectivity index (χ3n) is 2.03. The predicted molar refractivity (Wildman–Crippen MR) is 49.7 cm³/mol. The molecule has 1 rings (SSSR count). The molecule has 1 unspecified atom stereocenters. The molecule has 1 N–H and O–H groups in total. The average Bonchev–Trinajstić information content (AvgIpc) is 2.40. The smallest absolute Gasteiger partial charge is 0.217 e. The van der Waals surface area contributed by atoms with Crippen LogP contribution in [-0.4, -0.2) is 22.0 Å². The summed E-state index contributed by atoms with van der Waals surface area (Å²) in [7, 11) is 3.24. The van der Waals surface area contributed by atoms with Gasteiger partial charge < -0.3 is 9.84 Å². The Labute approximate surface area is 82.5 Å². The number of aromatic nitrogens is 2. The van der Waals surface area contributed by atoms with Gasteiger partial charge in [-0.3, -0.25) is 0 Å². The molecular weight excluding hydrogens is 182 g/mol. The number of ether oxygens (including phenoxy) is 1. The lowest BCUT2D eigenvalue weighted by Crippen LogP contribution is -2.01. The van der Waals surface area contributed by atoms with Crippen LogP contribution in [0.2, 0.25) is 0 Å². The number of hydrogen-bond acceptors (Lipinski definition) is 4. The molecule has 0 saturated heterocycles. The van der Waals surface area contributed by atoms with Crippen LogP contribution >= 0.6 is 0 Å². The molecule has 0 aliphatic rings. The zero-order chi connectivity index (χ0) is 10.7. The zero-order valence-corrected chi connectivity index (χ0v) is 8.48. The van der Waals surface area contributed by atoms with Gasteiger partial charge >= 0.3 is 0 Å². The highest BCUT2D eigenvalue weighted by atomic mass is 16.5.